The molecule has 0 amide bonds. The zero-order valence-corrected chi connectivity index (χ0v) is 10.6. The van der Waals surface area contributed by atoms with E-state index >= 15 is 0 Å². The summed E-state index contributed by atoms with van der Waals surface area (Å²) in [6.07, 6.45) is 0. The lowest BCUT2D eigenvalue weighted by Gasteiger charge is -2.06. The number of nitrogens with one attached hydrogen (secondary N) is 1. The van der Waals surface area contributed by atoms with Crippen LogP contribution in [0.2, 0.25) is 0 Å². The average molecular weight is 273 g/mol. The van der Waals surface area contributed by atoms with Crippen molar-refractivity contribution in [2.45, 2.75) is 6.54 Å². The summed E-state index contributed by atoms with van der Waals surface area (Å²) in [5, 5.41) is 22.5. The number of hydrogen-bond donors (Lipinski definition) is 1. The van der Waals surface area contributed by atoms with Crippen LogP contribution in [0.5, 0.6) is 5.75 Å². The lowest BCUT2D eigenvalue weighted by Crippen LogP contribution is -2.00. The van der Waals surface area contributed by atoms with Crippen LogP contribution >= 0.6 is 0 Å². The Bertz CT molecular complexity index is 672. The van der Waals surface area contributed by atoms with Crippen molar-refractivity contribution in [3.63, 3.8) is 0 Å². The van der Waals surface area contributed by atoms with Gasteiger partial charge in [-0.2, -0.15) is 5.26 Å². The van der Waals surface area contributed by atoms with Crippen LogP contribution in [0.3, 0.4) is 0 Å². The first kappa shape index (κ1) is 13.4. The van der Waals surface area contributed by atoms with Crippen LogP contribution < -0.4 is 10.1 Å². The number of benzene rings is 1. The minimum Gasteiger partial charge on any atom is -0.490 e. The molecule has 7 nitrogen and oxygen atoms in total. The molecule has 0 fully saturated rings. The Morgan fingerprint density at radius 1 is 1.45 bits per heavy atom. The van der Waals surface area contributed by atoms with Gasteiger partial charge >= 0.3 is 5.69 Å². The number of furan rings is 1. The second-order valence-corrected chi connectivity index (χ2v) is 3.88. The minimum absolute atomic E-state index is 0.116. The van der Waals surface area contributed by atoms with Gasteiger partial charge in [-0.25, -0.2) is 0 Å². The van der Waals surface area contributed by atoms with Crippen LogP contribution in [0.15, 0.2) is 34.7 Å². The fourth-order valence-corrected chi connectivity index (χ4v) is 1.66. The van der Waals surface area contributed by atoms with E-state index in [-0.39, 0.29) is 17.2 Å². The maximum absolute atomic E-state index is 10.9. The Morgan fingerprint density at radius 2 is 2.25 bits per heavy atom. The number of nitriles is 1. The fourth-order valence-electron chi connectivity index (χ4n) is 1.66. The summed E-state index contributed by atoms with van der Waals surface area (Å²) in [6.45, 7) is 0.325. The summed E-state index contributed by atoms with van der Waals surface area (Å²) < 4.78 is 10.1. The van der Waals surface area contributed by atoms with Gasteiger partial charge in [0.15, 0.2) is 5.75 Å². The molecule has 102 valence electrons. The van der Waals surface area contributed by atoms with Gasteiger partial charge in [0.1, 0.15) is 11.8 Å². The van der Waals surface area contributed by atoms with Gasteiger partial charge in [0.05, 0.1) is 18.6 Å². The minimum atomic E-state index is -0.509. The van der Waals surface area contributed by atoms with Crippen molar-refractivity contribution >= 4 is 11.4 Å². The summed E-state index contributed by atoms with van der Waals surface area (Å²) in [4.78, 5) is 10.4. The van der Waals surface area contributed by atoms with Crippen LogP contribution in [0.4, 0.5) is 11.4 Å². The first-order valence-corrected chi connectivity index (χ1v) is 5.69. The van der Waals surface area contributed by atoms with Crippen molar-refractivity contribution in [2.24, 2.45) is 0 Å². The number of anilines is 1. The fraction of sp³-hybridized carbons (Fsp3) is 0.154. The first-order valence-electron chi connectivity index (χ1n) is 5.69. The van der Waals surface area contributed by atoms with E-state index in [0.717, 1.165) is 0 Å². The highest BCUT2D eigenvalue weighted by Crippen LogP contribution is 2.29. The highest BCUT2D eigenvalue weighted by atomic mass is 16.6. The second kappa shape index (κ2) is 5.75. The van der Waals surface area contributed by atoms with Crippen molar-refractivity contribution in [2.75, 3.05) is 12.4 Å². The van der Waals surface area contributed by atoms with E-state index in [0.29, 0.717) is 18.0 Å². The molecule has 0 unspecified atom stereocenters. The molecular formula is C13H11N3O4. The van der Waals surface area contributed by atoms with Crippen molar-refractivity contribution in [3.05, 3.63) is 52.0 Å². The quantitative estimate of drug-likeness (QED) is 0.663. The summed E-state index contributed by atoms with van der Waals surface area (Å²) >= 11 is 0. The van der Waals surface area contributed by atoms with E-state index in [1.54, 1.807) is 18.2 Å². The maximum Gasteiger partial charge on any atom is 0.312 e. The predicted octanol–water partition coefficient (Wildman–Crippen LogP) is 2.68. The molecule has 0 saturated heterocycles. The molecule has 0 saturated carbocycles. The topological polar surface area (TPSA) is 101 Å². The van der Waals surface area contributed by atoms with Gasteiger partial charge in [0, 0.05) is 11.8 Å². The van der Waals surface area contributed by atoms with Gasteiger partial charge in [0.25, 0.3) is 0 Å². The normalized spacial score (nSPS) is 9.80. The smallest absolute Gasteiger partial charge is 0.312 e. The van der Waals surface area contributed by atoms with Crippen LogP contribution in [0.25, 0.3) is 0 Å². The molecule has 2 rings (SSSR count). The van der Waals surface area contributed by atoms with E-state index in [1.165, 1.54) is 19.2 Å². The van der Waals surface area contributed by atoms with Crippen LogP contribution in [0.1, 0.15) is 11.5 Å². The Hall–Kier alpha value is -3.01. The van der Waals surface area contributed by atoms with Gasteiger partial charge in [-0.15, -0.1) is 0 Å². The molecule has 0 aliphatic heterocycles. The van der Waals surface area contributed by atoms with Crippen molar-refractivity contribution < 1.29 is 14.1 Å². The molecule has 1 aromatic heterocycles. The summed E-state index contributed by atoms with van der Waals surface area (Å²) in [7, 11) is 1.38. The largest absolute Gasteiger partial charge is 0.490 e. The van der Waals surface area contributed by atoms with E-state index in [2.05, 4.69) is 5.32 Å². The molecule has 2 aromatic rings. The Balaban J connectivity index is 2.12. The zero-order valence-electron chi connectivity index (χ0n) is 10.6. The molecule has 1 N–H and O–H groups in total. The average Bonchev–Trinajstić information content (AvgIpc) is 2.92. The number of nitro groups is 1. The third-order valence-electron chi connectivity index (χ3n) is 2.61. The van der Waals surface area contributed by atoms with E-state index in [4.69, 9.17) is 14.4 Å². The Labute approximate surface area is 114 Å². The molecule has 20 heavy (non-hydrogen) atoms. The van der Waals surface area contributed by atoms with Gasteiger partial charge in [0.2, 0.25) is 5.76 Å². The molecule has 0 aliphatic carbocycles. The lowest BCUT2D eigenvalue weighted by molar-refractivity contribution is -0.385. The standard InChI is InChI=1S/C13H11N3O4/c1-19-13-5-2-9(6-12(13)16(17)18)15-8-11-4-3-10(7-14)20-11/h2-6,15H,8H2,1H3. The van der Waals surface area contributed by atoms with Gasteiger partial charge in [-0.1, -0.05) is 0 Å². The van der Waals surface area contributed by atoms with E-state index in [9.17, 15) is 10.1 Å². The number of nitro benzene ring substituents is 1. The molecule has 0 aliphatic rings. The summed E-state index contributed by atoms with van der Waals surface area (Å²) in [6, 6.07) is 9.68. The molecular weight excluding hydrogens is 262 g/mol. The molecule has 1 heterocycles. The van der Waals surface area contributed by atoms with Crippen LogP contribution in [-0.2, 0) is 6.54 Å². The molecule has 1 aromatic carbocycles. The van der Waals surface area contributed by atoms with Crippen molar-refractivity contribution in [1.82, 2.24) is 0 Å². The van der Waals surface area contributed by atoms with Gasteiger partial charge in [-0.3, -0.25) is 10.1 Å². The highest BCUT2D eigenvalue weighted by Gasteiger charge is 2.15. The number of hydrogen-bond acceptors (Lipinski definition) is 6. The molecule has 0 bridgehead atoms. The summed E-state index contributed by atoms with van der Waals surface area (Å²) in [5.41, 5.74) is 0.446. The van der Waals surface area contributed by atoms with Crippen molar-refractivity contribution in [3.8, 4) is 11.8 Å². The maximum atomic E-state index is 10.9. The molecule has 0 radical (unpaired) electrons. The van der Waals surface area contributed by atoms with Crippen LogP contribution in [-0.4, -0.2) is 12.0 Å². The monoisotopic (exact) mass is 273 g/mol. The zero-order chi connectivity index (χ0) is 14.5. The van der Waals surface area contributed by atoms with E-state index < -0.39 is 4.92 Å². The number of nitrogens with zero attached hydrogens (tertiary/aromatic N) is 2. The number of ether oxygens (including phenoxy) is 1. The first-order chi connectivity index (χ1) is 9.63. The molecule has 0 atom stereocenters. The third-order valence-corrected chi connectivity index (χ3v) is 2.61. The third kappa shape index (κ3) is 2.87. The number of methoxy groups -OCH3 is 1. The van der Waals surface area contributed by atoms with Gasteiger partial charge in [-0.05, 0) is 24.3 Å². The SMILES string of the molecule is COc1ccc(NCc2ccc(C#N)o2)cc1[N+](=O)[O-]. The Morgan fingerprint density at radius 3 is 2.85 bits per heavy atom. The molecule has 0 spiro atoms. The van der Waals surface area contributed by atoms with Crippen LogP contribution in [0, 0.1) is 21.4 Å². The highest BCUT2D eigenvalue weighted by molar-refractivity contribution is 5.58. The second-order valence-electron chi connectivity index (χ2n) is 3.88. The molecule has 7 heteroatoms. The lowest BCUT2D eigenvalue weighted by atomic mass is 10.2. The Kier molecular flexibility index (Phi) is 3.86. The number of rotatable bonds is 5. The van der Waals surface area contributed by atoms with E-state index in [1.807, 2.05) is 6.07 Å². The van der Waals surface area contributed by atoms with Gasteiger partial charge < -0.3 is 14.5 Å². The summed E-state index contributed by atoms with van der Waals surface area (Å²) in [5.74, 6) is 0.993. The van der Waals surface area contributed by atoms with Crippen molar-refractivity contribution in [1.29, 1.82) is 5.26 Å². The predicted molar refractivity (Wildman–Crippen MR) is 70.4 cm³/mol.